The van der Waals surface area contributed by atoms with Crippen LogP contribution in [-0.4, -0.2) is 27.1 Å². The summed E-state index contributed by atoms with van der Waals surface area (Å²) in [5, 5.41) is 33.4. The molecule has 0 radical (unpaired) electrons. The quantitative estimate of drug-likeness (QED) is 0.478. The van der Waals surface area contributed by atoms with Crippen LogP contribution in [0.2, 0.25) is 0 Å². The number of nitrogens with zero attached hydrogens (tertiary/aromatic N) is 2. The van der Waals surface area contributed by atoms with E-state index in [9.17, 15) is 9.67 Å². The van der Waals surface area contributed by atoms with Gasteiger partial charge in [-0.25, -0.2) is 0 Å². The van der Waals surface area contributed by atoms with E-state index in [0.29, 0.717) is 5.56 Å². The van der Waals surface area contributed by atoms with Crippen LogP contribution >= 0.6 is 7.60 Å². The van der Waals surface area contributed by atoms with Gasteiger partial charge in [0.25, 0.3) is 0 Å². The summed E-state index contributed by atoms with van der Waals surface area (Å²) in [6, 6.07) is 8.91. The highest BCUT2D eigenvalue weighted by Gasteiger charge is 2.27. The Labute approximate surface area is 115 Å². The maximum Gasteiger partial charge on any atom is 0.358 e. The van der Waals surface area contributed by atoms with Crippen LogP contribution in [0.1, 0.15) is 17.0 Å². The Morgan fingerprint density at radius 1 is 1.20 bits per heavy atom. The molecule has 1 aromatic rings. The van der Waals surface area contributed by atoms with Crippen molar-refractivity contribution in [2.24, 2.45) is 0 Å². The second-order valence-electron chi connectivity index (χ2n) is 3.41. The third kappa shape index (κ3) is 5.33. The van der Waals surface area contributed by atoms with Crippen molar-refractivity contribution < 1.29 is 24.6 Å². The number of rotatable bonds is 3. The number of hydrogen-bond acceptors (Lipinski definition) is 5. The molecule has 0 aliphatic rings. The average molecular weight is 296 g/mol. The third-order valence-electron chi connectivity index (χ3n) is 2.11. The van der Waals surface area contributed by atoms with Crippen LogP contribution in [0.15, 0.2) is 29.8 Å². The van der Waals surface area contributed by atoms with Crippen LogP contribution in [0, 0.1) is 22.7 Å². The van der Waals surface area contributed by atoms with E-state index in [1.165, 1.54) is 30.3 Å². The highest BCUT2D eigenvalue weighted by Crippen LogP contribution is 2.49. The zero-order valence-corrected chi connectivity index (χ0v) is 11.4. The van der Waals surface area contributed by atoms with Gasteiger partial charge in [-0.15, -0.1) is 0 Å². The van der Waals surface area contributed by atoms with Crippen molar-refractivity contribution in [3.05, 3.63) is 41.0 Å². The van der Waals surface area contributed by atoms with E-state index in [-0.39, 0.29) is 11.1 Å². The third-order valence-corrected chi connectivity index (χ3v) is 3.04. The van der Waals surface area contributed by atoms with Gasteiger partial charge in [-0.05, 0) is 17.2 Å². The number of aliphatic hydroxyl groups is 2. The Balaban J connectivity index is 0.00000172. The van der Waals surface area contributed by atoms with E-state index in [1.807, 2.05) is 0 Å². The fraction of sp³-hybridized carbons (Fsp3) is 0.167. The van der Waals surface area contributed by atoms with Crippen molar-refractivity contribution in [1.29, 1.82) is 10.5 Å². The van der Waals surface area contributed by atoms with Crippen LogP contribution in [0.5, 0.6) is 0 Å². The second kappa shape index (κ2) is 8.23. The average Bonchev–Trinajstić information content (AvgIpc) is 2.45. The lowest BCUT2D eigenvalue weighted by Crippen LogP contribution is -1.97. The molecule has 0 heterocycles. The molecule has 0 aliphatic heterocycles. The molecular formula is C12H13N2O5P. The Bertz CT molecular complexity index is 576. The number of allylic oxidation sites excluding steroid dienone is 1. The summed E-state index contributed by atoms with van der Waals surface area (Å²) in [5.41, 5.74) is 0.504. The predicted molar refractivity (Wildman–Crippen MR) is 70.8 cm³/mol. The summed E-state index contributed by atoms with van der Waals surface area (Å²) < 4.78 is 10.8. The minimum atomic E-state index is -4.60. The minimum Gasteiger partial charge on any atom is -0.400 e. The first-order chi connectivity index (χ1) is 9.38. The molecule has 8 heteroatoms. The van der Waals surface area contributed by atoms with Crippen LogP contribution in [0.4, 0.5) is 0 Å². The Morgan fingerprint density at radius 2 is 1.65 bits per heavy atom. The van der Waals surface area contributed by atoms with Crippen molar-refractivity contribution in [1.82, 2.24) is 0 Å². The zero-order chi connectivity index (χ0) is 15.8. The van der Waals surface area contributed by atoms with E-state index >= 15 is 0 Å². The number of aliphatic hydroxyl groups excluding tert-OH is 2. The lowest BCUT2D eigenvalue weighted by molar-refractivity contribution is 0.205. The maximum absolute atomic E-state index is 10.8. The van der Waals surface area contributed by atoms with Gasteiger partial charge in [0.05, 0.1) is 0 Å². The molecule has 4 N–H and O–H groups in total. The molecule has 1 atom stereocenters. The molecule has 1 rings (SSSR count). The Morgan fingerprint density at radius 3 is 2.00 bits per heavy atom. The van der Waals surface area contributed by atoms with Gasteiger partial charge in [-0.1, -0.05) is 24.3 Å². The van der Waals surface area contributed by atoms with Crippen LogP contribution in [-0.2, 0) is 4.57 Å². The molecular weight excluding hydrogens is 283 g/mol. The van der Waals surface area contributed by atoms with E-state index < -0.39 is 13.4 Å². The molecule has 0 aliphatic carbocycles. The highest BCUT2D eigenvalue weighted by molar-refractivity contribution is 7.51. The summed E-state index contributed by atoms with van der Waals surface area (Å²) in [4.78, 5) is 17.6. The van der Waals surface area contributed by atoms with Crippen molar-refractivity contribution in [2.75, 3.05) is 7.11 Å². The minimum absolute atomic E-state index is 0.0657. The van der Waals surface area contributed by atoms with Crippen LogP contribution in [0.25, 0.3) is 6.08 Å². The van der Waals surface area contributed by atoms with Gasteiger partial charge in [-0.2, -0.15) is 10.5 Å². The zero-order valence-electron chi connectivity index (χ0n) is 10.5. The molecule has 0 fully saturated rings. The maximum atomic E-state index is 10.8. The van der Waals surface area contributed by atoms with Crippen molar-refractivity contribution in [2.45, 2.75) is 5.85 Å². The van der Waals surface area contributed by atoms with Gasteiger partial charge < -0.3 is 20.0 Å². The van der Waals surface area contributed by atoms with Crippen molar-refractivity contribution in [3.63, 3.8) is 0 Å². The number of nitriles is 2. The molecule has 0 bridgehead atoms. The Hall–Kier alpha value is -1.99. The van der Waals surface area contributed by atoms with E-state index in [1.54, 1.807) is 12.1 Å². The van der Waals surface area contributed by atoms with Gasteiger partial charge in [0.2, 0.25) is 0 Å². The smallest absolute Gasteiger partial charge is 0.358 e. The van der Waals surface area contributed by atoms with Crippen LogP contribution < -0.4 is 0 Å². The first-order valence-electron chi connectivity index (χ1n) is 5.18. The van der Waals surface area contributed by atoms with Gasteiger partial charge in [-0.3, -0.25) is 4.57 Å². The summed E-state index contributed by atoms with van der Waals surface area (Å²) in [7, 11) is -3.60. The number of benzene rings is 1. The lowest BCUT2D eigenvalue weighted by Gasteiger charge is -2.12. The standard InChI is InChI=1S/C11H9N2O4P.CH4O/c12-6-9(7-13)5-8-1-3-10(4-2-8)11(14)18(15,16)17;1-2/h1-5,11,14H,(H2,15,16,17);2H,1H3. The van der Waals surface area contributed by atoms with Crippen molar-refractivity contribution in [3.8, 4) is 12.1 Å². The molecule has 20 heavy (non-hydrogen) atoms. The summed E-state index contributed by atoms with van der Waals surface area (Å²) in [6.07, 6.45) is 1.33. The lowest BCUT2D eigenvalue weighted by atomic mass is 10.1. The largest absolute Gasteiger partial charge is 0.400 e. The molecule has 1 unspecified atom stereocenters. The normalized spacial score (nSPS) is 11.2. The SMILES string of the molecule is CO.N#CC(C#N)=Cc1ccc(C(O)P(=O)(O)O)cc1. The van der Waals surface area contributed by atoms with Crippen LogP contribution in [0.3, 0.4) is 0 Å². The molecule has 1 aromatic carbocycles. The molecule has 0 spiro atoms. The monoisotopic (exact) mass is 296 g/mol. The molecule has 106 valence electrons. The number of hydrogen-bond donors (Lipinski definition) is 4. The Kier molecular flexibility index (Phi) is 7.42. The highest BCUT2D eigenvalue weighted by atomic mass is 31.2. The fourth-order valence-electron chi connectivity index (χ4n) is 1.21. The topological polar surface area (TPSA) is 146 Å². The van der Waals surface area contributed by atoms with Gasteiger partial charge in [0.15, 0.2) is 5.85 Å². The summed E-state index contributed by atoms with van der Waals surface area (Å²) >= 11 is 0. The molecule has 0 saturated heterocycles. The summed E-state index contributed by atoms with van der Waals surface area (Å²) in [6.45, 7) is 0. The molecule has 0 aromatic heterocycles. The molecule has 0 saturated carbocycles. The van der Waals surface area contributed by atoms with Gasteiger partial charge in [0.1, 0.15) is 17.7 Å². The van der Waals surface area contributed by atoms with E-state index in [0.717, 1.165) is 7.11 Å². The first-order valence-corrected chi connectivity index (χ1v) is 6.86. The molecule has 7 nitrogen and oxygen atoms in total. The van der Waals surface area contributed by atoms with Gasteiger partial charge in [0, 0.05) is 7.11 Å². The fourth-order valence-corrected chi connectivity index (χ4v) is 1.78. The first kappa shape index (κ1) is 18.0. The van der Waals surface area contributed by atoms with Crippen molar-refractivity contribution >= 4 is 13.7 Å². The van der Waals surface area contributed by atoms with Gasteiger partial charge >= 0.3 is 7.60 Å². The molecule has 0 amide bonds. The second-order valence-corrected chi connectivity index (χ2v) is 5.08. The van der Waals surface area contributed by atoms with E-state index in [2.05, 4.69) is 0 Å². The summed E-state index contributed by atoms with van der Waals surface area (Å²) in [5.74, 6) is -1.87. The van der Waals surface area contributed by atoms with E-state index in [4.69, 9.17) is 25.4 Å². The predicted octanol–water partition coefficient (Wildman–Crippen LogP) is 0.894.